The van der Waals surface area contributed by atoms with E-state index in [1.807, 2.05) is 0 Å². The summed E-state index contributed by atoms with van der Waals surface area (Å²) < 4.78 is 35.6. The summed E-state index contributed by atoms with van der Waals surface area (Å²) in [5.41, 5.74) is 2.11. The summed E-state index contributed by atoms with van der Waals surface area (Å²) in [6.45, 7) is 2.00. The zero-order chi connectivity index (χ0) is 24.0. The molecule has 1 amide bonds. The number of nitrogens with zero attached hydrogens (tertiary/aromatic N) is 1. The lowest BCUT2D eigenvalue weighted by Crippen LogP contribution is -2.30. The fraction of sp³-hybridized carbons (Fsp3) is 0.227. The minimum Gasteiger partial charge on any atom is -0.355 e. The molecular formula is C22H23FN4O4S2. The first kappa shape index (κ1) is 24.6. The molecule has 0 radical (unpaired) electrons. The number of halogens is 1. The molecule has 11 heteroatoms. The number of carbonyl (C=O) groups excluding carboxylic acids is 1. The van der Waals surface area contributed by atoms with Gasteiger partial charge in [-0.1, -0.05) is 36.0 Å². The van der Waals surface area contributed by atoms with Crippen LogP contribution in [0.3, 0.4) is 0 Å². The van der Waals surface area contributed by atoms with Crippen LogP contribution in [0.1, 0.15) is 22.4 Å². The fourth-order valence-corrected chi connectivity index (χ4v) is 4.39. The van der Waals surface area contributed by atoms with Crippen LogP contribution in [0.4, 0.5) is 4.39 Å². The quantitative estimate of drug-likeness (QED) is 0.310. The minimum absolute atomic E-state index is 0.0248. The van der Waals surface area contributed by atoms with Crippen LogP contribution in [0.15, 0.2) is 63.4 Å². The molecule has 0 unspecified atom stereocenters. The summed E-state index contributed by atoms with van der Waals surface area (Å²) in [5, 5.41) is 8.24. The lowest BCUT2D eigenvalue weighted by Gasteiger charge is -2.09. The van der Waals surface area contributed by atoms with Crippen molar-refractivity contribution in [3.8, 4) is 0 Å². The van der Waals surface area contributed by atoms with Gasteiger partial charge in [0.1, 0.15) is 5.82 Å². The molecule has 0 aliphatic rings. The number of rotatable bonds is 9. The van der Waals surface area contributed by atoms with E-state index in [0.29, 0.717) is 29.6 Å². The number of sulfonamides is 1. The van der Waals surface area contributed by atoms with Gasteiger partial charge in [-0.3, -0.25) is 9.59 Å². The number of H-pyrrole nitrogens is 1. The predicted octanol–water partition coefficient (Wildman–Crippen LogP) is 2.06. The van der Waals surface area contributed by atoms with Crippen LogP contribution in [0, 0.1) is 12.7 Å². The molecule has 4 N–H and O–H groups in total. The third kappa shape index (κ3) is 7.24. The van der Waals surface area contributed by atoms with Crippen molar-refractivity contribution < 1.29 is 17.6 Å². The van der Waals surface area contributed by atoms with Crippen LogP contribution >= 0.6 is 11.8 Å². The van der Waals surface area contributed by atoms with E-state index in [9.17, 15) is 22.4 Å². The summed E-state index contributed by atoms with van der Waals surface area (Å²) in [4.78, 5) is 31.8. The van der Waals surface area contributed by atoms with Crippen LogP contribution < -0.4 is 16.0 Å². The molecule has 0 atom stereocenters. The molecule has 1 aromatic heterocycles. The number of aryl methyl sites for hydroxylation is 1. The monoisotopic (exact) mass is 490 g/mol. The standard InChI is InChI=1S/C22H23FN4O4S2/c1-14-19(21(29)27-22(26-14)32-13-16-2-6-17(23)7-3-16)12-20(28)25-11-10-15-4-8-18(9-5-15)33(24,30)31/h2-9H,10-13H2,1H3,(H,25,28)(H2,24,30,31)(H,26,27,29). The molecule has 0 fully saturated rings. The molecule has 3 rings (SSSR count). The van der Waals surface area contributed by atoms with E-state index < -0.39 is 10.0 Å². The molecule has 0 spiro atoms. The van der Waals surface area contributed by atoms with Crippen molar-refractivity contribution in [3.63, 3.8) is 0 Å². The summed E-state index contributed by atoms with van der Waals surface area (Å²) in [6, 6.07) is 12.2. The Hall–Kier alpha value is -3.02. The Balaban J connectivity index is 1.52. The van der Waals surface area contributed by atoms with Gasteiger partial charge in [0, 0.05) is 23.6 Å². The maximum Gasteiger partial charge on any atom is 0.255 e. The van der Waals surface area contributed by atoms with E-state index in [0.717, 1.165) is 11.1 Å². The van der Waals surface area contributed by atoms with Gasteiger partial charge in [-0.25, -0.2) is 22.9 Å². The lowest BCUT2D eigenvalue weighted by atomic mass is 10.1. The number of nitrogens with one attached hydrogen (secondary N) is 2. The average Bonchev–Trinajstić information content (AvgIpc) is 2.76. The molecule has 0 saturated heterocycles. The van der Waals surface area contributed by atoms with Crippen molar-refractivity contribution >= 4 is 27.7 Å². The third-order valence-electron chi connectivity index (χ3n) is 4.81. The molecule has 8 nitrogen and oxygen atoms in total. The first-order valence-corrected chi connectivity index (χ1v) is 12.5. The van der Waals surface area contributed by atoms with E-state index in [4.69, 9.17) is 5.14 Å². The number of thioether (sulfide) groups is 1. The van der Waals surface area contributed by atoms with Crippen molar-refractivity contribution in [2.24, 2.45) is 5.14 Å². The van der Waals surface area contributed by atoms with E-state index in [-0.39, 0.29) is 34.2 Å². The molecule has 0 saturated carbocycles. The Morgan fingerprint density at radius 2 is 1.76 bits per heavy atom. The van der Waals surface area contributed by atoms with Gasteiger partial charge < -0.3 is 10.3 Å². The molecule has 174 valence electrons. The van der Waals surface area contributed by atoms with Crippen molar-refractivity contribution in [1.29, 1.82) is 0 Å². The molecule has 1 heterocycles. The Bertz CT molecular complexity index is 1290. The average molecular weight is 491 g/mol. The lowest BCUT2D eigenvalue weighted by molar-refractivity contribution is -0.120. The van der Waals surface area contributed by atoms with Crippen LogP contribution in [0.25, 0.3) is 0 Å². The first-order chi connectivity index (χ1) is 15.6. The number of aromatic nitrogens is 2. The van der Waals surface area contributed by atoms with E-state index in [2.05, 4.69) is 15.3 Å². The zero-order valence-corrected chi connectivity index (χ0v) is 19.4. The molecule has 0 aliphatic heterocycles. The van der Waals surface area contributed by atoms with Gasteiger partial charge in [0.05, 0.1) is 11.3 Å². The van der Waals surface area contributed by atoms with Gasteiger partial charge >= 0.3 is 0 Å². The van der Waals surface area contributed by atoms with Crippen molar-refractivity contribution in [2.75, 3.05) is 6.54 Å². The van der Waals surface area contributed by atoms with E-state index in [1.54, 1.807) is 31.2 Å². The van der Waals surface area contributed by atoms with Crippen molar-refractivity contribution in [2.45, 2.75) is 35.6 Å². The molecule has 33 heavy (non-hydrogen) atoms. The van der Waals surface area contributed by atoms with E-state index in [1.165, 1.54) is 36.0 Å². The van der Waals surface area contributed by atoms with Gasteiger partial charge in [0.2, 0.25) is 15.9 Å². The highest BCUT2D eigenvalue weighted by atomic mass is 32.2. The van der Waals surface area contributed by atoms with Crippen molar-refractivity contribution in [3.05, 3.63) is 87.1 Å². The number of benzene rings is 2. The predicted molar refractivity (Wildman–Crippen MR) is 124 cm³/mol. The highest BCUT2D eigenvalue weighted by Gasteiger charge is 2.13. The summed E-state index contributed by atoms with van der Waals surface area (Å²) in [6.07, 6.45) is 0.380. The number of hydrogen-bond acceptors (Lipinski definition) is 6. The second-order valence-electron chi connectivity index (χ2n) is 7.32. The Labute approximate surface area is 194 Å². The number of hydrogen-bond donors (Lipinski definition) is 3. The highest BCUT2D eigenvalue weighted by Crippen LogP contribution is 2.19. The molecular weight excluding hydrogens is 467 g/mol. The van der Waals surface area contributed by atoms with E-state index >= 15 is 0 Å². The summed E-state index contributed by atoms with van der Waals surface area (Å²) in [7, 11) is -3.74. The number of amides is 1. The van der Waals surface area contributed by atoms with Crippen LogP contribution in [-0.4, -0.2) is 30.8 Å². The van der Waals surface area contributed by atoms with Crippen LogP contribution in [-0.2, 0) is 33.4 Å². The second kappa shape index (κ2) is 10.7. The number of aromatic amines is 1. The second-order valence-corrected chi connectivity index (χ2v) is 9.84. The van der Waals surface area contributed by atoms with Crippen LogP contribution in [0.2, 0.25) is 0 Å². The maximum atomic E-state index is 13.0. The largest absolute Gasteiger partial charge is 0.355 e. The highest BCUT2D eigenvalue weighted by molar-refractivity contribution is 7.98. The smallest absolute Gasteiger partial charge is 0.255 e. The number of nitrogens with two attached hydrogens (primary N) is 1. The topological polar surface area (TPSA) is 135 Å². The maximum absolute atomic E-state index is 13.0. The minimum atomic E-state index is -3.74. The van der Waals surface area contributed by atoms with Crippen LogP contribution in [0.5, 0.6) is 0 Å². The molecule has 0 bridgehead atoms. The summed E-state index contributed by atoms with van der Waals surface area (Å²) >= 11 is 1.31. The third-order valence-corrected chi connectivity index (χ3v) is 6.69. The molecule has 3 aromatic rings. The van der Waals surface area contributed by atoms with Gasteiger partial charge in [-0.15, -0.1) is 0 Å². The number of primary sulfonamides is 1. The molecule has 2 aromatic carbocycles. The van der Waals surface area contributed by atoms with Gasteiger partial charge in [0.15, 0.2) is 5.16 Å². The van der Waals surface area contributed by atoms with Crippen molar-refractivity contribution in [1.82, 2.24) is 15.3 Å². The Kier molecular flexibility index (Phi) is 8.01. The first-order valence-electron chi connectivity index (χ1n) is 9.97. The number of carbonyl (C=O) groups is 1. The normalized spacial score (nSPS) is 11.4. The van der Waals surface area contributed by atoms with Gasteiger partial charge in [-0.2, -0.15) is 0 Å². The summed E-state index contributed by atoms with van der Waals surface area (Å²) in [5.74, 6) is -0.118. The van der Waals surface area contributed by atoms with Gasteiger partial charge in [-0.05, 0) is 48.7 Å². The Morgan fingerprint density at radius 3 is 2.36 bits per heavy atom. The van der Waals surface area contributed by atoms with Gasteiger partial charge in [0.25, 0.3) is 5.56 Å². The zero-order valence-electron chi connectivity index (χ0n) is 17.8. The molecule has 0 aliphatic carbocycles. The Morgan fingerprint density at radius 1 is 1.12 bits per heavy atom. The fourth-order valence-electron chi connectivity index (χ4n) is 3.01. The SMILES string of the molecule is Cc1nc(SCc2ccc(F)cc2)[nH]c(=O)c1CC(=O)NCCc1ccc(S(N)(=O)=O)cc1.